The zero-order chi connectivity index (χ0) is 18.4. The summed E-state index contributed by atoms with van der Waals surface area (Å²) >= 11 is 12.0. The van der Waals surface area contributed by atoms with Crippen molar-refractivity contribution in [3.8, 4) is 0 Å². The predicted molar refractivity (Wildman–Crippen MR) is 103 cm³/mol. The molecule has 0 saturated heterocycles. The molecule has 2 aromatic heterocycles. The van der Waals surface area contributed by atoms with Crippen LogP contribution in [0.5, 0.6) is 0 Å². The first kappa shape index (κ1) is 18.3. The third-order valence-electron chi connectivity index (χ3n) is 3.74. The normalized spacial score (nSPS) is 10.5. The van der Waals surface area contributed by atoms with E-state index in [1.54, 1.807) is 30.7 Å². The monoisotopic (exact) mass is 389 g/mol. The number of benzene rings is 1. The van der Waals surface area contributed by atoms with Crippen molar-refractivity contribution in [2.24, 2.45) is 0 Å². The standard InChI is InChI=1S/C19H17Cl2N3O2/c20-15-4-3-13(18(21)9-15)5-6-23-19(25)14-8-16(11-22-10-14)24-12-17-2-1-7-26-17/h1-4,7-11,24H,5-6,12H2,(H,23,25). The Hall–Kier alpha value is -2.50. The smallest absolute Gasteiger partial charge is 0.252 e. The molecule has 0 spiro atoms. The molecule has 0 aliphatic rings. The van der Waals surface area contributed by atoms with E-state index in [9.17, 15) is 4.79 Å². The minimum Gasteiger partial charge on any atom is -0.467 e. The Labute approximate surface area is 161 Å². The first-order valence-electron chi connectivity index (χ1n) is 8.05. The van der Waals surface area contributed by atoms with Gasteiger partial charge in [0.1, 0.15) is 5.76 Å². The maximum Gasteiger partial charge on any atom is 0.252 e. The van der Waals surface area contributed by atoms with Gasteiger partial charge in [-0.05, 0) is 42.3 Å². The number of carbonyl (C=O) groups excluding carboxylic acids is 1. The second-order valence-corrected chi connectivity index (χ2v) is 6.48. The van der Waals surface area contributed by atoms with Crippen LogP contribution >= 0.6 is 23.2 Å². The quantitative estimate of drug-likeness (QED) is 0.621. The van der Waals surface area contributed by atoms with Crippen LogP contribution < -0.4 is 10.6 Å². The van der Waals surface area contributed by atoms with E-state index in [4.69, 9.17) is 27.6 Å². The topological polar surface area (TPSA) is 67.2 Å². The van der Waals surface area contributed by atoms with E-state index < -0.39 is 0 Å². The third-order valence-corrected chi connectivity index (χ3v) is 4.33. The van der Waals surface area contributed by atoms with E-state index in [0.29, 0.717) is 35.1 Å². The summed E-state index contributed by atoms with van der Waals surface area (Å²) in [7, 11) is 0. The number of carbonyl (C=O) groups is 1. The number of anilines is 1. The molecule has 0 saturated carbocycles. The molecule has 0 aliphatic carbocycles. The molecule has 3 aromatic rings. The molecule has 134 valence electrons. The van der Waals surface area contributed by atoms with Gasteiger partial charge in [-0.25, -0.2) is 0 Å². The average Bonchev–Trinajstić information content (AvgIpc) is 3.15. The maximum absolute atomic E-state index is 12.3. The van der Waals surface area contributed by atoms with Crippen molar-refractivity contribution < 1.29 is 9.21 Å². The molecule has 0 fully saturated rings. The lowest BCUT2D eigenvalue weighted by Crippen LogP contribution is -2.26. The molecule has 7 heteroatoms. The Morgan fingerprint density at radius 2 is 2.04 bits per heavy atom. The Kier molecular flexibility index (Phi) is 6.15. The van der Waals surface area contributed by atoms with E-state index >= 15 is 0 Å². The van der Waals surface area contributed by atoms with Gasteiger partial charge in [-0.2, -0.15) is 0 Å². The summed E-state index contributed by atoms with van der Waals surface area (Å²) in [6, 6.07) is 10.8. The zero-order valence-electron chi connectivity index (χ0n) is 13.8. The van der Waals surface area contributed by atoms with Crippen molar-refractivity contribution in [3.05, 3.63) is 82.0 Å². The van der Waals surface area contributed by atoms with Crippen LogP contribution in [0.15, 0.2) is 59.5 Å². The fraction of sp³-hybridized carbons (Fsp3) is 0.158. The van der Waals surface area contributed by atoms with Crippen LogP contribution in [0.4, 0.5) is 5.69 Å². The van der Waals surface area contributed by atoms with Crippen molar-refractivity contribution in [1.29, 1.82) is 0 Å². The van der Waals surface area contributed by atoms with Gasteiger partial charge >= 0.3 is 0 Å². The van der Waals surface area contributed by atoms with E-state index in [1.807, 2.05) is 18.2 Å². The fourth-order valence-corrected chi connectivity index (χ4v) is 2.90. The van der Waals surface area contributed by atoms with Gasteiger partial charge in [0.25, 0.3) is 5.91 Å². The summed E-state index contributed by atoms with van der Waals surface area (Å²) in [5.41, 5.74) is 2.16. The maximum atomic E-state index is 12.3. The van der Waals surface area contributed by atoms with E-state index in [1.165, 1.54) is 6.20 Å². The molecule has 0 atom stereocenters. The molecule has 3 rings (SSSR count). The van der Waals surface area contributed by atoms with Crippen molar-refractivity contribution in [2.45, 2.75) is 13.0 Å². The lowest BCUT2D eigenvalue weighted by molar-refractivity contribution is 0.0954. The van der Waals surface area contributed by atoms with Crippen molar-refractivity contribution in [1.82, 2.24) is 10.3 Å². The zero-order valence-corrected chi connectivity index (χ0v) is 15.3. The molecular weight excluding hydrogens is 373 g/mol. The molecule has 1 amide bonds. The molecule has 0 aliphatic heterocycles. The molecule has 26 heavy (non-hydrogen) atoms. The minimum absolute atomic E-state index is 0.191. The summed E-state index contributed by atoms with van der Waals surface area (Å²) in [5, 5.41) is 7.23. The SMILES string of the molecule is O=C(NCCc1ccc(Cl)cc1Cl)c1cncc(NCc2ccco2)c1. The summed E-state index contributed by atoms with van der Waals surface area (Å²) in [6.07, 6.45) is 5.42. The number of amides is 1. The van der Waals surface area contributed by atoms with Crippen molar-refractivity contribution in [2.75, 3.05) is 11.9 Å². The molecule has 2 heterocycles. The number of furan rings is 1. The molecule has 5 nitrogen and oxygen atoms in total. The van der Waals surface area contributed by atoms with Crippen LogP contribution in [0, 0.1) is 0 Å². The lowest BCUT2D eigenvalue weighted by Gasteiger charge is -2.09. The Morgan fingerprint density at radius 3 is 2.81 bits per heavy atom. The number of nitrogens with one attached hydrogen (secondary N) is 2. The number of rotatable bonds is 7. The fourth-order valence-electron chi connectivity index (χ4n) is 2.40. The van der Waals surface area contributed by atoms with Crippen LogP contribution in [0.25, 0.3) is 0 Å². The van der Waals surface area contributed by atoms with Crippen LogP contribution in [0.3, 0.4) is 0 Å². The van der Waals surface area contributed by atoms with Crippen LogP contribution in [-0.2, 0) is 13.0 Å². The number of pyridine rings is 1. The van der Waals surface area contributed by atoms with Gasteiger partial charge < -0.3 is 15.1 Å². The highest BCUT2D eigenvalue weighted by Gasteiger charge is 2.08. The highest BCUT2D eigenvalue weighted by atomic mass is 35.5. The van der Waals surface area contributed by atoms with E-state index in [0.717, 1.165) is 17.0 Å². The number of aromatic nitrogens is 1. The van der Waals surface area contributed by atoms with Crippen LogP contribution in [0.2, 0.25) is 10.0 Å². The summed E-state index contributed by atoms with van der Waals surface area (Å²) in [4.78, 5) is 16.4. The van der Waals surface area contributed by atoms with Gasteiger partial charge in [0.15, 0.2) is 0 Å². The Morgan fingerprint density at radius 1 is 1.15 bits per heavy atom. The number of nitrogens with zero attached hydrogens (tertiary/aromatic N) is 1. The molecule has 1 aromatic carbocycles. The molecule has 2 N–H and O–H groups in total. The van der Waals surface area contributed by atoms with Crippen molar-refractivity contribution in [3.63, 3.8) is 0 Å². The first-order valence-corrected chi connectivity index (χ1v) is 8.81. The predicted octanol–water partition coefficient (Wildman–Crippen LogP) is 4.57. The molecule has 0 unspecified atom stereocenters. The van der Waals surface area contributed by atoms with Gasteiger partial charge in [0.05, 0.1) is 24.1 Å². The van der Waals surface area contributed by atoms with Crippen molar-refractivity contribution >= 4 is 34.8 Å². The van der Waals surface area contributed by atoms with Gasteiger partial charge in [-0.1, -0.05) is 29.3 Å². The van der Waals surface area contributed by atoms with Gasteiger partial charge in [0.2, 0.25) is 0 Å². The molecule has 0 radical (unpaired) electrons. The van der Waals surface area contributed by atoms with Gasteiger partial charge in [-0.15, -0.1) is 0 Å². The molecule has 0 bridgehead atoms. The largest absolute Gasteiger partial charge is 0.467 e. The highest BCUT2D eigenvalue weighted by molar-refractivity contribution is 6.35. The number of hydrogen-bond donors (Lipinski definition) is 2. The summed E-state index contributed by atoms with van der Waals surface area (Å²) in [5.74, 6) is 0.615. The second kappa shape index (κ2) is 8.74. The van der Waals surface area contributed by atoms with Crippen LogP contribution in [-0.4, -0.2) is 17.4 Å². The Bertz CT molecular complexity index is 882. The first-order chi connectivity index (χ1) is 12.6. The van der Waals surface area contributed by atoms with Gasteiger partial charge in [0, 0.05) is 29.0 Å². The highest BCUT2D eigenvalue weighted by Crippen LogP contribution is 2.21. The van der Waals surface area contributed by atoms with E-state index in [-0.39, 0.29) is 5.91 Å². The number of hydrogen-bond acceptors (Lipinski definition) is 4. The summed E-state index contributed by atoms with van der Waals surface area (Å²) in [6.45, 7) is 0.985. The average molecular weight is 390 g/mol. The van der Waals surface area contributed by atoms with E-state index in [2.05, 4.69) is 15.6 Å². The number of halogens is 2. The summed E-state index contributed by atoms with van der Waals surface area (Å²) < 4.78 is 5.26. The molecular formula is C19H17Cl2N3O2. The van der Waals surface area contributed by atoms with Gasteiger partial charge in [-0.3, -0.25) is 9.78 Å². The minimum atomic E-state index is -0.191. The lowest BCUT2D eigenvalue weighted by atomic mass is 10.1. The van der Waals surface area contributed by atoms with Crippen LogP contribution in [0.1, 0.15) is 21.7 Å². The Balaban J connectivity index is 1.53. The third kappa shape index (κ3) is 5.00. The second-order valence-electron chi connectivity index (χ2n) is 5.64.